The minimum atomic E-state index is -3.93. The number of halogens is 2. The molecule has 0 saturated heterocycles. The maximum absolute atomic E-state index is 13.0. The monoisotopic (exact) mass is 684 g/mol. The molecule has 0 aliphatic heterocycles. The number of amides is 1. The molecule has 0 saturated carbocycles. The number of carbonyl (C=O) groups is 1. The molecule has 0 radical (unpaired) electrons. The molecule has 12 heteroatoms. The number of fused-ring (bicyclic) bond motifs is 1. The fraction of sp³-hybridized carbons (Fsp3) is 0.200. The van der Waals surface area contributed by atoms with Gasteiger partial charge in [-0.25, -0.2) is 0 Å². The summed E-state index contributed by atoms with van der Waals surface area (Å²) >= 11 is 1.65. The van der Waals surface area contributed by atoms with Gasteiger partial charge in [0.25, 0.3) is 0 Å². The van der Waals surface area contributed by atoms with Gasteiger partial charge in [0.1, 0.15) is 0 Å². The minimum absolute atomic E-state index is 0.0734. The number of primary sulfonamides is 1. The van der Waals surface area contributed by atoms with Gasteiger partial charge in [-0.15, -0.1) is 0 Å². The number of rotatable bonds is 5. The first kappa shape index (κ1) is 24.9. The van der Waals surface area contributed by atoms with Crippen molar-refractivity contribution in [1.29, 1.82) is 0 Å². The van der Waals surface area contributed by atoms with Crippen LogP contribution in [0.1, 0.15) is 15.2 Å². The van der Waals surface area contributed by atoms with Crippen LogP contribution >= 0.6 is 18.6 Å². The molecule has 3 rings (SSSR count). The number of aryl methyl sites for hydroxylation is 1. The van der Waals surface area contributed by atoms with Crippen molar-refractivity contribution in [3.63, 3.8) is 0 Å². The summed E-state index contributed by atoms with van der Waals surface area (Å²) in [4.78, 5) is 26.0. The number of hydrogen-bond donors (Lipinski definition) is 2. The summed E-state index contributed by atoms with van der Waals surface area (Å²) in [5, 5.41) is 5.92. The summed E-state index contributed by atoms with van der Waals surface area (Å²) in [5.74, 6) is 0.237. The number of nitrogens with zero attached hydrogens (tertiary/aromatic N) is 1. The quantitative estimate of drug-likeness (QED) is 0.165. The van der Waals surface area contributed by atoms with Crippen LogP contribution in [0.25, 0.3) is 22.1 Å². The number of sulfonamides is 1. The van der Waals surface area contributed by atoms with Crippen molar-refractivity contribution in [2.45, 2.75) is 15.9 Å². The zero-order valence-electron chi connectivity index (χ0n) is 17.3. The van der Waals surface area contributed by atoms with Crippen molar-refractivity contribution in [2.24, 2.45) is 10.9 Å². The molecular formula is C20H20I2N3O6S-. The van der Waals surface area contributed by atoms with Gasteiger partial charge >= 0.3 is 192 Å². The molecule has 9 nitrogen and oxygen atoms in total. The second kappa shape index (κ2) is 9.62. The van der Waals surface area contributed by atoms with Gasteiger partial charge in [-0.1, -0.05) is 0 Å². The molecule has 0 aliphatic carbocycles. The Kier molecular flexibility index (Phi) is 7.48. The van der Waals surface area contributed by atoms with Gasteiger partial charge in [0.15, 0.2) is 0 Å². The van der Waals surface area contributed by atoms with Crippen molar-refractivity contribution >= 4 is 45.7 Å². The third-order valence-corrected chi connectivity index (χ3v) is 10.2. The normalized spacial score (nSPS) is 12.7. The number of carbonyl (C=O) groups excluding carboxylic acids is 1. The van der Waals surface area contributed by atoms with Gasteiger partial charge in [-0.2, -0.15) is 0 Å². The van der Waals surface area contributed by atoms with Crippen LogP contribution < -0.4 is 38.5 Å². The van der Waals surface area contributed by atoms with E-state index in [1.54, 1.807) is 33.2 Å². The van der Waals surface area contributed by atoms with E-state index in [9.17, 15) is 18.0 Å². The van der Waals surface area contributed by atoms with Crippen molar-refractivity contribution in [3.05, 3.63) is 57.9 Å². The van der Waals surface area contributed by atoms with Crippen LogP contribution in [0.15, 0.2) is 50.5 Å². The van der Waals surface area contributed by atoms with Gasteiger partial charge in [0, 0.05) is 14.1 Å². The Morgan fingerprint density at radius 1 is 1.22 bits per heavy atom. The molecule has 32 heavy (non-hydrogen) atoms. The molecule has 0 bridgehead atoms. The molecule has 4 N–H and O–H groups in total. The molecular weight excluding hydrogens is 664 g/mol. The van der Waals surface area contributed by atoms with Crippen LogP contribution in [0.5, 0.6) is 5.75 Å². The van der Waals surface area contributed by atoms with E-state index in [-0.39, 0.29) is 21.8 Å². The van der Waals surface area contributed by atoms with Gasteiger partial charge in [-0.05, 0) is 0 Å². The van der Waals surface area contributed by atoms with Crippen molar-refractivity contribution in [1.82, 2.24) is 4.90 Å². The Morgan fingerprint density at radius 2 is 1.91 bits per heavy atom. The Balaban J connectivity index is 2.21. The average Bonchev–Trinajstić information content (AvgIpc) is 2.72. The SMILES string of the molecule is Cc1c(-c2ccc(S(N)(=O)=O)cc2C(N)[I-]I)c(=O)oc2cc(OC(=O)N(C)C)ccc12. The predicted molar refractivity (Wildman–Crippen MR) is 125 cm³/mol. The summed E-state index contributed by atoms with van der Waals surface area (Å²) in [6.45, 7) is 1.77. The molecule has 0 spiro atoms. The average molecular weight is 684 g/mol. The van der Waals surface area contributed by atoms with E-state index in [2.05, 4.69) is 18.6 Å². The van der Waals surface area contributed by atoms with Gasteiger partial charge < -0.3 is 0 Å². The van der Waals surface area contributed by atoms with E-state index >= 15 is 0 Å². The van der Waals surface area contributed by atoms with E-state index in [1.165, 1.54) is 29.2 Å². The molecule has 3 aromatic rings. The zero-order valence-corrected chi connectivity index (χ0v) is 22.4. The first-order valence-electron chi connectivity index (χ1n) is 9.08. The fourth-order valence-corrected chi connectivity index (χ4v) is 6.14. The first-order chi connectivity index (χ1) is 14.9. The standard InChI is InChI=1S/C20H20I2N3O6S/c1-10-13-6-4-11(30-20(27)25(2)3)8-16(13)31-19(26)17(10)14-7-5-12(32(24,28)29)9-15(14)18(23)22-21/h4-9,18H,23H2,1-3H3,(H2,24,28,29)/q-1. The van der Waals surface area contributed by atoms with E-state index in [4.69, 9.17) is 20.0 Å². The number of hydrogen-bond acceptors (Lipinski definition) is 7. The van der Waals surface area contributed by atoms with E-state index < -0.39 is 43.0 Å². The second-order valence-electron chi connectivity index (χ2n) is 7.09. The van der Waals surface area contributed by atoms with E-state index in [0.717, 1.165) is 0 Å². The van der Waals surface area contributed by atoms with Crippen LogP contribution in [0, 0.1) is 6.92 Å². The molecule has 1 amide bonds. The summed E-state index contributed by atoms with van der Waals surface area (Å²) in [7, 11) is -0.820. The molecule has 0 fully saturated rings. The van der Waals surface area contributed by atoms with Gasteiger partial charge in [-0.3, -0.25) is 0 Å². The third-order valence-electron chi connectivity index (χ3n) is 4.72. The van der Waals surface area contributed by atoms with Crippen LogP contribution in [0.2, 0.25) is 0 Å². The van der Waals surface area contributed by atoms with Crippen molar-refractivity contribution < 1.29 is 39.6 Å². The van der Waals surface area contributed by atoms with Gasteiger partial charge in [0.05, 0.1) is 0 Å². The van der Waals surface area contributed by atoms with Crippen LogP contribution in [0.3, 0.4) is 0 Å². The molecule has 0 aliphatic rings. The van der Waals surface area contributed by atoms with Crippen LogP contribution in [-0.2, 0) is 10.0 Å². The van der Waals surface area contributed by atoms with Crippen LogP contribution in [0.4, 0.5) is 4.79 Å². The zero-order chi connectivity index (χ0) is 23.8. The Bertz CT molecular complexity index is 1370. The number of alkyl halides is 1. The van der Waals surface area contributed by atoms with Gasteiger partial charge in [0.2, 0.25) is 0 Å². The Hall–Kier alpha value is -1.75. The maximum atomic E-state index is 13.0. The molecule has 1 aromatic heterocycles. The summed E-state index contributed by atoms with van der Waals surface area (Å²) in [5.41, 5.74) is 7.84. The van der Waals surface area contributed by atoms with Crippen molar-refractivity contribution in [2.75, 3.05) is 14.1 Å². The third kappa shape index (κ3) is 5.08. The molecule has 1 heterocycles. The molecule has 1 unspecified atom stereocenters. The number of benzene rings is 2. The molecule has 172 valence electrons. The van der Waals surface area contributed by atoms with E-state index in [1.807, 2.05) is 0 Å². The summed E-state index contributed by atoms with van der Waals surface area (Å²) in [6.07, 6.45) is -0.560. The fourth-order valence-electron chi connectivity index (χ4n) is 3.12. The summed E-state index contributed by atoms with van der Waals surface area (Å²) in [6, 6.07) is 9.07. The van der Waals surface area contributed by atoms with E-state index in [0.29, 0.717) is 22.1 Å². The first-order valence-corrected chi connectivity index (χ1v) is 18.2. The predicted octanol–water partition coefficient (Wildman–Crippen LogP) is -0.127. The van der Waals surface area contributed by atoms with Crippen LogP contribution in [-0.4, -0.2) is 33.5 Å². The molecule has 1 atom stereocenters. The number of nitrogens with two attached hydrogens (primary N) is 2. The Morgan fingerprint density at radius 3 is 2.50 bits per heavy atom. The molecule has 2 aromatic carbocycles. The number of ether oxygens (including phenoxy) is 1. The summed E-state index contributed by atoms with van der Waals surface area (Å²) < 4.78 is 34.0. The Labute approximate surface area is 204 Å². The topological polar surface area (TPSA) is 146 Å². The second-order valence-corrected chi connectivity index (χ2v) is 13.6. The van der Waals surface area contributed by atoms with Crippen molar-refractivity contribution in [3.8, 4) is 16.9 Å².